The van der Waals surface area contributed by atoms with E-state index >= 15 is 0 Å². The van der Waals surface area contributed by atoms with Crippen LogP contribution in [0.25, 0.3) is 0 Å². The lowest BCUT2D eigenvalue weighted by Gasteiger charge is -2.12. The van der Waals surface area contributed by atoms with Gasteiger partial charge in [-0.3, -0.25) is 4.21 Å². The number of nitrogens with one attached hydrogen (secondary N) is 1. The molecule has 0 radical (unpaired) electrons. The molecular weight excluding hydrogens is 254 g/mol. The van der Waals surface area contributed by atoms with E-state index in [1.165, 1.54) is 17.5 Å². The molecule has 0 aliphatic carbocycles. The fourth-order valence-corrected chi connectivity index (χ4v) is 3.36. The lowest BCUT2D eigenvalue weighted by atomic mass is 10.1. The largest absolute Gasteiger partial charge is 0.314 e. The van der Waals surface area contributed by atoms with Crippen molar-refractivity contribution < 1.29 is 4.21 Å². The maximum atomic E-state index is 12.1. The Hall–Kier alpha value is -0.670. The SMILES string of the molecule is CCCNC(C)CCCS(=O)Cc1ccccc1C. The number of benzene rings is 1. The standard InChI is InChI=1S/C16H27NOS/c1-4-11-17-15(3)9-7-12-19(18)13-16-10-6-5-8-14(16)2/h5-6,8,10,15,17H,4,7,9,11-13H2,1-3H3. The average molecular weight is 281 g/mol. The molecule has 0 saturated heterocycles. The zero-order valence-corrected chi connectivity index (χ0v) is 13.3. The number of hydrogen-bond donors (Lipinski definition) is 1. The maximum absolute atomic E-state index is 12.1. The third-order valence-electron chi connectivity index (χ3n) is 3.33. The van der Waals surface area contributed by atoms with Crippen molar-refractivity contribution in [1.82, 2.24) is 5.32 Å². The van der Waals surface area contributed by atoms with Gasteiger partial charge in [-0.1, -0.05) is 31.2 Å². The Bertz CT molecular complexity index is 392. The average Bonchev–Trinajstić information content (AvgIpc) is 2.39. The van der Waals surface area contributed by atoms with Crippen LogP contribution in [-0.4, -0.2) is 22.5 Å². The molecule has 1 rings (SSSR count). The van der Waals surface area contributed by atoms with E-state index in [1.54, 1.807) is 0 Å². The van der Waals surface area contributed by atoms with E-state index in [1.807, 2.05) is 12.1 Å². The quantitative estimate of drug-likeness (QED) is 0.751. The molecule has 19 heavy (non-hydrogen) atoms. The summed E-state index contributed by atoms with van der Waals surface area (Å²) in [6.07, 6.45) is 3.32. The predicted octanol–water partition coefficient (Wildman–Crippen LogP) is 3.41. The lowest BCUT2D eigenvalue weighted by Crippen LogP contribution is -2.26. The van der Waals surface area contributed by atoms with Crippen molar-refractivity contribution in [2.45, 2.75) is 51.8 Å². The molecule has 1 aromatic carbocycles. The molecule has 2 nitrogen and oxygen atoms in total. The summed E-state index contributed by atoms with van der Waals surface area (Å²) in [4.78, 5) is 0. The summed E-state index contributed by atoms with van der Waals surface area (Å²) in [7, 11) is -0.731. The Morgan fingerprint density at radius 1 is 1.32 bits per heavy atom. The molecule has 0 saturated carbocycles. The number of aryl methyl sites for hydroxylation is 1. The maximum Gasteiger partial charge on any atom is 0.0488 e. The van der Waals surface area contributed by atoms with Gasteiger partial charge < -0.3 is 5.32 Å². The first kappa shape index (κ1) is 16.4. The normalized spacial score (nSPS) is 14.3. The molecule has 3 heteroatoms. The minimum atomic E-state index is -0.731. The second kappa shape index (κ2) is 9.27. The molecule has 2 atom stereocenters. The Labute approximate surface area is 120 Å². The van der Waals surface area contributed by atoms with E-state index in [0.717, 1.165) is 25.1 Å². The highest BCUT2D eigenvalue weighted by Gasteiger charge is 2.06. The summed E-state index contributed by atoms with van der Waals surface area (Å²) >= 11 is 0. The van der Waals surface area contributed by atoms with Crippen molar-refractivity contribution in [3.8, 4) is 0 Å². The van der Waals surface area contributed by atoms with Gasteiger partial charge in [0.25, 0.3) is 0 Å². The van der Waals surface area contributed by atoms with Crippen LogP contribution in [0.1, 0.15) is 44.2 Å². The van der Waals surface area contributed by atoms with Gasteiger partial charge in [0, 0.05) is 28.3 Å². The highest BCUT2D eigenvalue weighted by atomic mass is 32.2. The van der Waals surface area contributed by atoms with Crippen molar-refractivity contribution >= 4 is 10.8 Å². The molecule has 0 amide bonds. The molecule has 0 aliphatic heterocycles. The molecular formula is C16H27NOS. The highest BCUT2D eigenvalue weighted by molar-refractivity contribution is 7.84. The van der Waals surface area contributed by atoms with Gasteiger partial charge >= 0.3 is 0 Å². The van der Waals surface area contributed by atoms with Crippen molar-refractivity contribution in [2.24, 2.45) is 0 Å². The van der Waals surface area contributed by atoms with Crippen molar-refractivity contribution in [3.63, 3.8) is 0 Å². The van der Waals surface area contributed by atoms with E-state index in [-0.39, 0.29) is 0 Å². The molecule has 0 aliphatic rings. The van der Waals surface area contributed by atoms with Gasteiger partial charge in [-0.15, -0.1) is 0 Å². The summed E-state index contributed by atoms with van der Waals surface area (Å²) < 4.78 is 12.1. The molecule has 0 heterocycles. The smallest absolute Gasteiger partial charge is 0.0488 e. The fraction of sp³-hybridized carbons (Fsp3) is 0.625. The molecule has 0 fully saturated rings. The van der Waals surface area contributed by atoms with Crippen LogP contribution in [-0.2, 0) is 16.6 Å². The van der Waals surface area contributed by atoms with Crippen LogP contribution >= 0.6 is 0 Å². The first-order chi connectivity index (χ1) is 9.13. The highest BCUT2D eigenvalue weighted by Crippen LogP contribution is 2.10. The van der Waals surface area contributed by atoms with E-state index < -0.39 is 10.8 Å². The third kappa shape index (κ3) is 6.88. The van der Waals surface area contributed by atoms with Crippen molar-refractivity contribution in [3.05, 3.63) is 35.4 Å². The zero-order valence-electron chi connectivity index (χ0n) is 12.4. The van der Waals surface area contributed by atoms with Gasteiger partial charge in [0.1, 0.15) is 0 Å². The zero-order chi connectivity index (χ0) is 14.1. The summed E-state index contributed by atoms with van der Waals surface area (Å²) in [6, 6.07) is 8.76. The molecule has 2 unspecified atom stereocenters. The molecule has 0 bridgehead atoms. The third-order valence-corrected chi connectivity index (χ3v) is 4.71. The molecule has 1 N–H and O–H groups in total. The van der Waals surface area contributed by atoms with Crippen LogP contribution in [0.2, 0.25) is 0 Å². The van der Waals surface area contributed by atoms with Gasteiger partial charge in [-0.2, -0.15) is 0 Å². The fourth-order valence-electron chi connectivity index (χ4n) is 2.06. The van der Waals surface area contributed by atoms with Crippen LogP contribution in [0, 0.1) is 6.92 Å². The van der Waals surface area contributed by atoms with E-state index in [0.29, 0.717) is 11.8 Å². The minimum absolute atomic E-state index is 0.537. The topological polar surface area (TPSA) is 29.1 Å². The number of hydrogen-bond acceptors (Lipinski definition) is 2. The van der Waals surface area contributed by atoms with E-state index in [9.17, 15) is 4.21 Å². The minimum Gasteiger partial charge on any atom is -0.314 e. The Balaban J connectivity index is 2.23. The van der Waals surface area contributed by atoms with Crippen molar-refractivity contribution in [1.29, 1.82) is 0 Å². The lowest BCUT2D eigenvalue weighted by molar-refractivity contribution is 0.509. The summed E-state index contributed by atoms with van der Waals surface area (Å²) in [6.45, 7) is 7.55. The van der Waals surface area contributed by atoms with E-state index in [4.69, 9.17) is 0 Å². The van der Waals surface area contributed by atoms with Gasteiger partial charge in [0.15, 0.2) is 0 Å². The second-order valence-corrected chi connectivity index (χ2v) is 6.79. The van der Waals surface area contributed by atoms with Gasteiger partial charge in [-0.05, 0) is 50.8 Å². The van der Waals surface area contributed by atoms with Gasteiger partial charge in [0.05, 0.1) is 0 Å². The molecule has 0 aromatic heterocycles. The van der Waals surface area contributed by atoms with Gasteiger partial charge in [0.2, 0.25) is 0 Å². The summed E-state index contributed by atoms with van der Waals surface area (Å²) in [5.41, 5.74) is 2.46. The second-order valence-electron chi connectivity index (χ2n) is 5.21. The first-order valence-electron chi connectivity index (χ1n) is 7.26. The molecule has 1 aromatic rings. The Kier molecular flexibility index (Phi) is 7.99. The van der Waals surface area contributed by atoms with Crippen LogP contribution in [0.15, 0.2) is 24.3 Å². The van der Waals surface area contributed by atoms with Crippen LogP contribution < -0.4 is 5.32 Å². The van der Waals surface area contributed by atoms with Crippen LogP contribution in [0.3, 0.4) is 0 Å². The monoisotopic (exact) mass is 281 g/mol. The van der Waals surface area contributed by atoms with Crippen molar-refractivity contribution in [2.75, 3.05) is 12.3 Å². The first-order valence-corrected chi connectivity index (χ1v) is 8.75. The summed E-state index contributed by atoms with van der Waals surface area (Å²) in [5.74, 6) is 1.51. The van der Waals surface area contributed by atoms with Gasteiger partial charge in [-0.25, -0.2) is 0 Å². The summed E-state index contributed by atoms with van der Waals surface area (Å²) in [5, 5.41) is 3.47. The predicted molar refractivity (Wildman–Crippen MR) is 84.9 cm³/mol. The Morgan fingerprint density at radius 2 is 2.05 bits per heavy atom. The van der Waals surface area contributed by atoms with E-state index in [2.05, 4.69) is 38.2 Å². The Morgan fingerprint density at radius 3 is 2.74 bits per heavy atom. The molecule has 108 valence electrons. The number of rotatable bonds is 9. The van der Waals surface area contributed by atoms with Crippen LogP contribution in [0.5, 0.6) is 0 Å². The molecule has 0 spiro atoms. The van der Waals surface area contributed by atoms with Crippen LogP contribution in [0.4, 0.5) is 0 Å².